The van der Waals surface area contributed by atoms with E-state index >= 15 is 0 Å². The fourth-order valence-electron chi connectivity index (χ4n) is 1.45. The van der Waals surface area contributed by atoms with Crippen LogP contribution < -0.4 is 10.7 Å². The first-order valence-corrected chi connectivity index (χ1v) is 6.05. The van der Waals surface area contributed by atoms with Crippen LogP contribution in [0.4, 0.5) is 4.39 Å². The minimum atomic E-state index is -0.950. The zero-order valence-corrected chi connectivity index (χ0v) is 10.9. The number of rotatable bonds is 4. The Morgan fingerprint density at radius 2 is 2.00 bits per heavy atom. The third-order valence-corrected chi connectivity index (χ3v) is 2.48. The molecule has 0 aliphatic carbocycles. The number of nitrogens with zero attached hydrogens (tertiary/aromatic N) is 1. The maximum Gasteiger partial charge on any atom is 0.329 e. The number of carbonyl (C=O) groups is 2. The van der Waals surface area contributed by atoms with Crippen LogP contribution in [0.1, 0.15) is 11.3 Å². The van der Waals surface area contributed by atoms with E-state index in [-0.39, 0.29) is 12.1 Å². The molecule has 1 aromatic heterocycles. The van der Waals surface area contributed by atoms with Crippen molar-refractivity contribution < 1.29 is 18.4 Å². The molecule has 0 radical (unpaired) electrons. The zero-order valence-electron chi connectivity index (χ0n) is 10.9. The van der Waals surface area contributed by atoms with E-state index in [1.807, 2.05) is 5.43 Å². The number of halogens is 1. The second kappa shape index (κ2) is 6.99. The van der Waals surface area contributed by atoms with Gasteiger partial charge in [0.05, 0.1) is 19.0 Å². The third kappa shape index (κ3) is 4.27. The molecule has 2 N–H and O–H groups in total. The molecule has 0 saturated heterocycles. The third-order valence-electron chi connectivity index (χ3n) is 2.48. The Morgan fingerprint density at radius 1 is 1.19 bits per heavy atom. The summed E-state index contributed by atoms with van der Waals surface area (Å²) in [4.78, 5) is 22.9. The van der Waals surface area contributed by atoms with Gasteiger partial charge in [0, 0.05) is 5.56 Å². The Labute approximate surface area is 119 Å². The fraction of sp³-hybridized carbons (Fsp3) is 0.0714. The van der Waals surface area contributed by atoms with Crippen molar-refractivity contribution >= 4 is 18.0 Å². The Morgan fingerprint density at radius 3 is 2.71 bits per heavy atom. The van der Waals surface area contributed by atoms with Gasteiger partial charge in [-0.15, -0.1) is 0 Å². The summed E-state index contributed by atoms with van der Waals surface area (Å²) in [5.74, 6) is -1.77. The summed E-state index contributed by atoms with van der Waals surface area (Å²) in [6.45, 7) is 0.0935. The van der Waals surface area contributed by atoms with Gasteiger partial charge in [0.15, 0.2) is 0 Å². The van der Waals surface area contributed by atoms with Crippen LogP contribution in [-0.2, 0) is 16.1 Å². The van der Waals surface area contributed by atoms with E-state index in [0.29, 0.717) is 5.76 Å². The highest BCUT2D eigenvalue weighted by atomic mass is 19.1. The lowest BCUT2D eigenvalue weighted by molar-refractivity contribution is -0.139. The normalized spacial score (nSPS) is 10.5. The molecular formula is C14H12FN3O3. The van der Waals surface area contributed by atoms with Crippen LogP contribution in [-0.4, -0.2) is 18.0 Å². The number of hydrazone groups is 1. The van der Waals surface area contributed by atoms with Gasteiger partial charge in [-0.25, -0.2) is 9.82 Å². The van der Waals surface area contributed by atoms with Gasteiger partial charge in [0.1, 0.15) is 11.6 Å². The molecule has 0 aliphatic heterocycles. The topological polar surface area (TPSA) is 83.7 Å². The van der Waals surface area contributed by atoms with Gasteiger partial charge in [-0.3, -0.25) is 9.59 Å². The number of hydrogen-bond donors (Lipinski definition) is 2. The van der Waals surface area contributed by atoms with Crippen LogP contribution in [0.2, 0.25) is 0 Å². The Bertz CT molecular complexity index is 653. The van der Waals surface area contributed by atoms with Crippen molar-refractivity contribution in [1.82, 2.24) is 10.7 Å². The number of amides is 2. The van der Waals surface area contributed by atoms with E-state index in [1.54, 1.807) is 18.2 Å². The molecule has 0 unspecified atom stereocenters. The first kappa shape index (κ1) is 14.4. The molecule has 1 heterocycles. The lowest BCUT2D eigenvalue weighted by Gasteiger charge is -2.01. The van der Waals surface area contributed by atoms with Crippen LogP contribution in [0.3, 0.4) is 0 Å². The smallest absolute Gasteiger partial charge is 0.329 e. The van der Waals surface area contributed by atoms with Crippen LogP contribution in [0.5, 0.6) is 0 Å². The molecule has 0 saturated carbocycles. The molecule has 6 nitrogen and oxygen atoms in total. The van der Waals surface area contributed by atoms with Crippen molar-refractivity contribution in [3.05, 3.63) is 59.8 Å². The number of furan rings is 1. The maximum absolute atomic E-state index is 13.3. The standard InChI is InChI=1S/C14H12FN3O3/c15-12-6-2-1-4-10(12)8-17-18-14(20)13(19)16-9-11-5-3-7-21-11/h1-8H,9H2,(H,16,19)(H,18,20)/b17-8+. The van der Waals surface area contributed by atoms with Crippen LogP contribution >= 0.6 is 0 Å². The molecule has 2 rings (SSSR count). The van der Waals surface area contributed by atoms with E-state index in [4.69, 9.17) is 4.42 Å². The summed E-state index contributed by atoms with van der Waals surface area (Å²) < 4.78 is 18.3. The molecule has 0 spiro atoms. The quantitative estimate of drug-likeness (QED) is 0.503. The van der Waals surface area contributed by atoms with E-state index in [0.717, 1.165) is 6.21 Å². The summed E-state index contributed by atoms with van der Waals surface area (Å²) in [5.41, 5.74) is 2.21. The summed E-state index contributed by atoms with van der Waals surface area (Å²) in [5, 5.41) is 5.87. The van der Waals surface area contributed by atoms with Crippen LogP contribution in [0, 0.1) is 5.82 Å². The van der Waals surface area contributed by atoms with E-state index in [2.05, 4.69) is 10.4 Å². The second-order valence-corrected chi connectivity index (χ2v) is 3.98. The van der Waals surface area contributed by atoms with Crippen molar-refractivity contribution in [1.29, 1.82) is 0 Å². The molecule has 0 bridgehead atoms. The Hall–Kier alpha value is -2.96. The molecule has 21 heavy (non-hydrogen) atoms. The van der Waals surface area contributed by atoms with Crippen LogP contribution in [0.15, 0.2) is 52.2 Å². The lowest BCUT2D eigenvalue weighted by Crippen LogP contribution is -2.37. The summed E-state index contributed by atoms with van der Waals surface area (Å²) in [7, 11) is 0. The predicted molar refractivity (Wildman–Crippen MR) is 72.7 cm³/mol. The van der Waals surface area contributed by atoms with Crippen molar-refractivity contribution in [3.63, 3.8) is 0 Å². The zero-order chi connectivity index (χ0) is 15.1. The summed E-state index contributed by atoms with van der Waals surface area (Å²) in [6, 6.07) is 9.24. The van der Waals surface area contributed by atoms with Crippen molar-refractivity contribution in [2.45, 2.75) is 6.54 Å². The summed E-state index contributed by atoms with van der Waals surface area (Å²) >= 11 is 0. The molecule has 7 heteroatoms. The second-order valence-electron chi connectivity index (χ2n) is 3.98. The molecule has 2 amide bonds. The van der Waals surface area contributed by atoms with Crippen molar-refractivity contribution in [2.75, 3.05) is 0 Å². The minimum Gasteiger partial charge on any atom is -0.467 e. The average molecular weight is 289 g/mol. The maximum atomic E-state index is 13.3. The number of benzene rings is 1. The van der Waals surface area contributed by atoms with Crippen molar-refractivity contribution in [2.24, 2.45) is 5.10 Å². The van der Waals surface area contributed by atoms with Crippen LogP contribution in [0.25, 0.3) is 0 Å². The Kier molecular flexibility index (Phi) is 4.81. The van der Waals surface area contributed by atoms with E-state index < -0.39 is 17.6 Å². The van der Waals surface area contributed by atoms with Gasteiger partial charge in [0.25, 0.3) is 0 Å². The highest BCUT2D eigenvalue weighted by Crippen LogP contribution is 2.02. The first-order chi connectivity index (χ1) is 10.2. The first-order valence-electron chi connectivity index (χ1n) is 6.05. The van der Waals surface area contributed by atoms with Gasteiger partial charge in [-0.05, 0) is 18.2 Å². The molecule has 0 fully saturated rings. The number of carbonyl (C=O) groups excluding carboxylic acids is 2. The highest BCUT2D eigenvalue weighted by Gasteiger charge is 2.12. The van der Waals surface area contributed by atoms with E-state index in [9.17, 15) is 14.0 Å². The summed E-state index contributed by atoms with van der Waals surface area (Å²) in [6.07, 6.45) is 2.58. The number of hydrogen-bond acceptors (Lipinski definition) is 4. The molecular weight excluding hydrogens is 277 g/mol. The highest BCUT2D eigenvalue weighted by molar-refractivity contribution is 6.35. The molecule has 1 aromatic carbocycles. The van der Waals surface area contributed by atoms with Gasteiger partial charge in [-0.1, -0.05) is 18.2 Å². The minimum absolute atomic E-state index is 0.0935. The van der Waals surface area contributed by atoms with Crippen molar-refractivity contribution in [3.8, 4) is 0 Å². The lowest BCUT2D eigenvalue weighted by atomic mass is 10.2. The Balaban J connectivity index is 1.81. The largest absolute Gasteiger partial charge is 0.467 e. The molecule has 2 aromatic rings. The molecule has 0 atom stereocenters. The monoisotopic (exact) mass is 289 g/mol. The predicted octanol–water partition coefficient (Wildman–Crippen LogP) is 1.19. The molecule has 108 valence electrons. The average Bonchev–Trinajstić information content (AvgIpc) is 3.00. The van der Waals surface area contributed by atoms with E-state index in [1.165, 1.54) is 24.5 Å². The van der Waals surface area contributed by atoms with Gasteiger partial charge < -0.3 is 9.73 Å². The van der Waals surface area contributed by atoms with Gasteiger partial charge in [0.2, 0.25) is 0 Å². The van der Waals surface area contributed by atoms with Gasteiger partial charge >= 0.3 is 11.8 Å². The fourth-order valence-corrected chi connectivity index (χ4v) is 1.45. The van der Waals surface area contributed by atoms with Gasteiger partial charge in [-0.2, -0.15) is 5.10 Å². The molecule has 0 aliphatic rings. The number of nitrogens with one attached hydrogen (secondary N) is 2. The SMILES string of the molecule is O=C(NCc1ccco1)C(=O)N/N=C/c1ccccc1F.